The molecule has 0 unspecified atom stereocenters. The molecule has 28 heavy (non-hydrogen) atoms. The number of anilines is 1. The quantitative estimate of drug-likeness (QED) is 0.723. The van der Waals surface area contributed by atoms with Crippen molar-refractivity contribution in [1.29, 1.82) is 0 Å². The summed E-state index contributed by atoms with van der Waals surface area (Å²) < 4.78 is 10.6. The first kappa shape index (κ1) is 20.2. The molecule has 2 aromatic carbocycles. The number of hydrogen-bond acceptors (Lipinski definition) is 4. The number of amides is 1. The molecule has 1 aliphatic rings. The van der Waals surface area contributed by atoms with E-state index in [1.54, 1.807) is 14.2 Å². The van der Waals surface area contributed by atoms with E-state index in [0.717, 1.165) is 49.7 Å². The van der Waals surface area contributed by atoms with Crippen LogP contribution < -0.4 is 14.4 Å². The molecule has 3 rings (SSSR count). The topological polar surface area (TPSA) is 42.0 Å². The maximum atomic E-state index is 12.7. The van der Waals surface area contributed by atoms with Gasteiger partial charge in [0.05, 0.1) is 14.2 Å². The van der Waals surface area contributed by atoms with Gasteiger partial charge >= 0.3 is 0 Å². The van der Waals surface area contributed by atoms with Crippen LogP contribution in [0.4, 0.5) is 5.69 Å². The van der Waals surface area contributed by atoms with E-state index in [1.807, 2.05) is 48.2 Å². The van der Waals surface area contributed by atoms with Crippen molar-refractivity contribution in [3.05, 3.63) is 54.1 Å². The minimum atomic E-state index is 0.177. The highest BCUT2D eigenvalue weighted by atomic mass is 16.5. The lowest BCUT2D eigenvalue weighted by Gasteiger charge is -2.38. The van der Waals surface area contributed by atoms with E-state index in [-0.39, 0.29) is 11.9 Å². The van der Waals surface area contributed by atoms with Gasteiger partial charge in [-0.3, -0.25) is 9.69 Å². The molecule has 0 saturated carbocycles. The second-order valence-electron chi connectivity index (χ2n) is 7.17. The van der Waals surface area contributed by atoms with E-state index in [1.165, 1.54) is 5.56 Å². The lowest BCUT2D eigenvalue weighted by molar-refractivity contribution is -0.119. The molecular formula is C23H30N2O3. The monoisotopic (exact) mass is 382 g/mol. The fraction of sp³-hybridized carbons (Fsp3) is 0.435. The van der Waals surface area contributed by atoms with Crippen LogP contribution in [0.15, 0.2) is 48.5 Å². The molecule has 5 nitrogen and oxygen atoms in total. The number of carbonyl (C=O) groups excluding carboxylic acids is 1. The molecule has 1 saturated heterocycles. The molecule has 150 valence electrons. The SMILES string of the molecule is CCC(=O)N(c1ccc(OC)cc1)C1CCN(Cc2cccc(OC)c2)CC1. The summed E-state index contributed by atoms with van der Waals surface area (Å²) in [6.07, 6.45) is 2.46. The Morgan fingerprint density at radius 3 is 2.32 bits per heavy atom. The molecule has 1 fully saturated rings. The summed E-state index contributed by atoms with van der Waals surface area (Å²) in [5.74, 6) is 1.88. The van der Waals surface area contributed by atoms with Crippen molar-refractivity contribution < 1.29 is 14.3 Å². The predicted octanol–water partition coefficient (Wildman–Crippen LogP) is 4.11. The van der Waals surface area contributed by atoms with Crippen molar-refractivity contribution in [2.24, 2.45) is 0 Å². The second-order valence-corrected chi connectivity index (χ2v) is 7.17. The maximum absolute atomic E-state index is 12.7. The van der Waals surface area contributed by atoms with E-state index in [2.05, 4.69) is 17.0 Å². The van der Waals surface area contributed by atoms with Gasteiger partial charge < -0.3 is 14.4 Å². The van der Waals surface area contributed by atoms with Crippen molar-refractivity contribution >= 4 is 11.6 Å². The number of carbonyl (C=O) groups is 1. The largest absolute Gasteiger partial charge is 0.497 e. The third-order valence-electron chi connectivity index (χ3n) is 5.38. The highest BCUT2D eigenvalue weighted by Gasteiger charge is 2.28. The maximum Gasteiger partial charge on any atom is 0.226 e. The van der Waals surface area contributed by atoms with Gasteiger partial charge in [-0.15, -0.1) is 0 Å². The Kier molecular flexibility index (Phi) is 6.93. The van der Waals surface area contributed by atoms with Crippen molar-refractivity contribution in [3.63, 3.8) is 0 Å². The van der Waals surface area contributed by atoms with Crippen LogP contribution in [-0.4, -0.2) is 44.2 Å². The van der Waals surface area contributed by atoms with Crippen LogP contribution in [0.2, 0.25) is 0 Å². The van der Waals surface area contributed by atoms with Crippen LogP contribution in [0.3, 0.4) is 0 Å². The molecule has 0 spiro atoms. The van der Waals surface area contributed by atoms with E-state index < -0.39 is 0 Å². The van der Waals surface area contributed by atoms with Crippen LogP contribution in [0.1, 0.15) is 31.7 Å². The predicted molar refractivity (Wildman–Crippen MR) is 112 cm³/mol. The molecule has 2 aromatic rings. The fourth-order valence-corrected chi connectivity index (χ4v) is 3.84. The minimum Gasteiger partial charge on any atom is -0.497 e. The Hall–Kier alpha value is -2.53. The molecule has 0 bridgehead atoms. The Labute approximate surface area is 167 Å². The number of benzene rings is 2. The number of methoxy groups -OCH3 is 2. The van der Waals surface area contributed by atoms with Crippen LogP contribution in [-0.2, 0) is 11.3 Å². The molecule has 0 radical (unpaired) electrons. The molecule has 1 amide bonds. The van der Waals surface area contributed by atoms with Gasteiger partial charge in [0.25, 0.3) is 0 Å². The third-order valence-corrected chi connectivity index (χ3v) is 5.38. The van der Waals surface area contributed by atoms with Crippen LogP contribution in [0.5, 0.6) is 11.5 Å². The smallest absolute Gasteiger partial charge is 0.226 e. The number of likely N-dealkylation sites (tertiary alicyclic amines) is 1. The zero-order valence-corrected chi connectivity index (χ0v) is 17.1. The lowest BCUT2D eigenvalue weighted by Crippen LogP contribution is -2.47. The van der Waals surface area contributed by atoms with Gasteiger partial charge in [0, 0.05) is 37.8 Å². The number of hydrogen-bond donors (Lipinski definition) is 0. The van der Waals surface area contributed by atoms with E-state index in [9.17, 15) is 4.79 Å². The lowest BCUT2D eigenvalue weighted by atomic mass is 10.0. The zero-order valence-electron chi connectivity index (χ0n) is 17.1. The van der Waals surface area contributed by atoms with Crippen LogP contribution in [0.25, 0.3) is 0 Å². The van der Waals surface area contributed by atoms with Crippen LogP contribution >= 0.6 is 0 Å². The molecule has 5 heteroatoms. The summed E-state index contributed by atoms with van der Waals surface area (Å²) in [4.78, 5) is 17.1. The van der Waals surface area contributed by atoms with Gasteiger partial charge in [-0.1, -0.05) is 19.1 Å². The van der Waals surface area contributed by atoms with Gasteiger partial charge in [0.1, 0.15) is 11.5 Å². The van der Waals surface area contributed by atoms with E-state index in [4.69, 9.17) is 9.47 Å². The highest BCUT2D eigenvalue weighted by Crippen LogP contribution is 2.27. The normalized spacial score (nSPS) is 15.2. The number of nitrogens with zero attached hydrogens (tertiary/aromatic N) is 2. The standard InChI is InChI=1S/C23H30N2O3/c1-4-23(26)25(19-8-10-21(27-2)11-9-19)20-12-14-24(15-13-20)17-18-6-5-7-22(16-18)28-3/h5-11,16,20H,4,12-15,17H2,1-3H3. The van der Waals surface area contributed by atoms with Gasteiger partial charge in [-0.2, -0.15) is 0 Å². The van der Waals surface area contributed by atoms with E-state index >= 15 is 0 Å². The second kappa shape index (κ2) is 9.60. The first-order valence-corrected chi connectivity index (χ1v) is 9.96. The molecule has 0 atom stereocenters. The summed E-state index contributed by atoms with van der Waals surface area (Å²) in [7, 11) is 3.35. The minimum absolute atomic E-state index is 0.177. The van der Waals surface area contributed by atoms with Gasteiger partial charge in [0.15, 0.2) is 0 Å². The number of piperidine rings is 1. The summed E-state index contributed by atoms with van der Waals surface area (Å²) in [5, 5.41) is 0. The van der Waals surface area contributed by atoms with Gasteiger partial charge in [0.2, 0.25) is 5.91 Å². The molecular weight excluding hydrogens is 352 g/mol. The Bertz CT molecular complexity index is 768. The highest BCUT2D eigenvalue weighted by molar-refractivity contribution is 5.93. The fourth-order valence-electron chi connectivity index (χ4n) is 3.84. The van der Waals surface area contributed by atoms with E-state index in [0.29, 0.717) is 6.42 Å². The van der Waals surface area contributed by atoms with Crippen LogP contribution in [0, 0.1) is 0 Å². The first-order valence-electron chi connectivity index (χ1n) is 9.96. The van der Waals surface area contributed by atoms with Crippen molar-refractivity contribution in [3.8, 4) is 11.5 Å². The summed E-state index contributed by atoms with van der Waals surface area (Å²) in [6, 6.07) is 16.3. The Morgan fingerprint density at radius 1 is 1.04 bits per heavy atom. The number of rotatable bonds is 7. The van der Waals surface area contributed by atoms with Crippen molar-refractivity contribution in [2.45, 2.75) is 38.8 Å². The summed E-state index contributed by atoms with van der Waals surface area (Å²) in [5.41, 5.74) is 2.22. The first-order chi connectivity index (χ1) is 13.6. The van der Waals surface area contributed by atoms with Crippen molar-refractivity contribution in [2.75, 3.05) is 32.2 Å². The third kappa shape index (κ3) is 4.84. The molecule has 0 aromatic heterocycles. The average molecular weight is 383 g/mol. The summed E-state index contributed by atoms with van der Waals surface area (Å²) >= 11 is 0. The Balaban J connectivity index is 1.65. The molecule has 1 heterocycles. The van der Waals surface area contributed by atoms with Gasteiger partial charge in [-0.05, 0) is 54.8 Å². The molecule has 1 aliphatic heterocycles. The zero-order chi connectivity index (χ0) is 19.9. The summed E-state index contributed by atoms with van der Waals surface area (Å²) in [6.45, 7) is 4.79. The van der Waals surface area contributed by atoms with Gasteiger partial charge in [-0.25, -0.2) is 0 Å². The average Bonchev–Trinajstić information content (AvgIpc) is 2.75. The van der Waals surface area contributed by atoms with Crippen molar-refractivity contribution in [1.82, 2.24) is 4.90 Å². The number of ether oxygens (including phenoxy) is 2. The molecule has 0 N–H and O–H groups in total. The Morgan fingerprint density at radius 2 is 1.71 bits per heavy atom. The molecule has 0 aliphatic carbocycles.